The predicted octanol–water partition coefficient (Wildman–Crippen LogP) is 0.934. The number of nitro groups is 1. The van der Waals surface area contributed by atoms with Gasteiger partial charge in [-0.2, -0.15) is 15.0 Å². The van der Waals surface area contributed by atoms with Crippen LogP contribution in [0, 0.1) is 21.4 Å². The molecule has 0 aliphatic heterocycles. The van der Waals surface area contributed by atoms with E-state index in [1.54, 1.807) is 6.07 Å². The molecule has 19 heavy (non-hydrogen) atoms. The summed E-state index contributed by atoms with van der Waals surface area (Å²) in [7, 11) is 0. The maximum absolute atomic E-state index is 12.0. The fourth-order valence-corrected chi connectivity index (χ4v) is 1.45. The minimum absolute atomic E-state index is 0.0640. The molecule has 0 saturated carbocycles. The number of nitro benzene ring substituents is 1. The number of benzene rings is 1. The standard InChI is InChI=1S/C11H7N5O3/c12-5-8-6-14-15(10(8)13)11(17)7-1-3-9(4-2-7)16(18)19/h1-4,6H,13H2. The minimum Gasteiger partial charge on any atom is -0.382 e. The number of carbonyl (C=O) groups excluding carboxylic acids is 1. The van der Waals surface area contributed by atoms with E-state index in [1.165, 1.54) is 30.5 Å². The van der Waals surface area contributed by atoms with Crippen molar-refractivity contribution in [3.8, 4) is 6.07 Å². The topological polar surface area (TPSA) is 128 Å². The smallest absolute Gasteiger partial charge is 0.280 e. The SMILES string of the molecule is N#Cc1cnn(C(=O)c2ccc([N+](=O)[O-])cc2)c1N. The van der Waals surface area contributed by atoms with Crippen LogP contribution in [-0.2, 0) is 0 Å². The van der Waals surface area contributed by atoms with Gasteiger partial charge in [0.2, 0.25) is 0 Å². The lowest BCUT2D eigenvalue weighted by Gasteiger charge is -2.02. The van der Waals surface area contributed by atoms with Crippen molar-refractivity contribution in [1.29, 1.82) is 5.26 Å². The van der Waals surface area contributed by atoms with E-state index in [0.717, 1.165) is 4.68 Å². The molecule has 1 aromatic carbocycles. The summed E-state index contributed by atoms with van der Waals surface area (Å²) in [4.78, 5) is 21.9. The van der Waals surface area contributed by atoms with Gasteiger partial charge in [0.25, 0.3) is 11.6 Å². The Morgan fingerprint density at radius 2 is 2.05 bits per heavy atom. The molecular weight excluding hydrogens is 250 g/mol. The van der Waals surface area contributed by atoms with Crippen LogP contribution in [0.15, 0.2) is 30.5 Å². The zero-order chi connectivity index (χ0) is 14.0. The van der Waals surface area contributed by atoms with Gasteiger partial charge in [-0.05, 0) is 12.1 Å². The summed E-state index contributed by atoms with van der Waals surface area (Å²) in [6, 6.07) is 6.81. The number of hydrogen-bond donors (Lipinski definition) is 1. The molecule has 0 bridgehead atoms. The lowest BCUT2D eigenvalue weighted by atomic mass is 10.2. The maximum Gasteiger partial charge on any atom is 0.280 e. The van der Waals surface area contributed by atoms with Crippen molar-refractivity contribution in [3.05, 3.63) is 51.7 Å². The average molecular weight is 257 g/mol. The molecule has 2 aromatic rings. The van der Waals surface area contributed by atoms with E-state index in [4.69, 9.17) is 11.0 Å². The molecule has 2 N–H and O–H groups in total. The number of aromatic nitrogens is 2. The summed E-state index contributed by atoms with van der Waals surface area (Å²) in [5, 5.41) is 22.9. The highest BCUT2D eigenvalue weighted by molar-refractivity contribution is 5.97. The number of anilines is 1. The Balaban J connectivity index is 2.36. The maximum atomic E-state index is 12.0. The summed E-state index contributed by atoms with van der Waals surface area (Å²) in [6.07, 6.45) is 1.18. The van der Waals surface area contributed by atoms with Crippen LogP contribution in [-0.4, -0.2) is 20.6 Å². The van der Waals surface area contributed by atoms with E-state index in [2.05, 4.69) is 5.10 Å². The number of rotatable bonds is 2. The molecule has 0 spiro atoms. The van der Waals surface area contributed by atoms with Gasteiger partial charge in [-0.1, -0.05) is 0 Å². The summed E-state index contributed by atoms with van der Waals surface area (Å²) >= 11 is 0. The number of nitriles is 1. The fourth-order valence-electron chi connectivity index (χ4n) is 1.45. The van der Waals surface area contributed by atoms with Crippen LogP contribution >= 0.6 is 0 Å². The van der Waals surface area contributed by atoms with Gasteiger partial charge in [-0.3, -0.25) is 14.9 Å². The van der Waals surface area contributed by atoms with Gasteiger partial charge in [-0.25, -0.2) is 0 Å². The number of nitrogen functional groups attached to an aromatic ring is 1. The normalized spacial score (nSPS) is 9.84. The molecule has 8 heteroatoms. The van der Waals surface area contributed by atoms with Crippen LogP contribution in [0.4, 0.5) is 11.5 Å². The molecule has 1 heterocycles. The molecule has 94 valence electrons. The molecule has 0 amide bonds. The molecule has 0 radical (unpaired) electrons. The molecule has 1 aromatic heterocycles. The third kappa shape index (κ3) is 2.12. The lowest BCUT2D eigenvalue weighted by Crippen LogP contribution is -2.16. The molecule has 0 saturated heterocycles. The first-order chi connectivity index (χ1) is 9.04. The monoisotopic (exact) mass is 257 g/mol. The highest BCUT2D eigenvalue weighted by atomic mass is 16.6. The van der Waals surface area contributed by atoms with Crippen molar-refractivity contribution in [1.82, 2.24) is 9.78 Å². The number of non-ortho nitro benzene ring substituents is 1. The van der Waals surface area contributed by atoms with Crippen LogP contribution < -0.4 is 5.73 Å². The van der Waals surface area contributed by atoms with Crippen molar-refractivity contribution in [2.24, 2.45) is 0 Å². The van der Waals surface area contributed by atoms with Crippen LogP contribution in [0.3, 0.4) is 0 Å². The number of hydrogen-bond acceptors (Lipinski definition) is 6. The van der Waals surface area contributed by atoms with Gasteiger partial charge in [0.05, 0.1) is 11.1 Å². The molecular formula is C11H7N5O3. The number of nitrogens with zero attached hydrogens (tertiary/aromatic N) is 4. The van der Waals surface area contributed by atoms with Gasteiger partial charge >= 0.3 is 0 Å². The van der Waals surface area contributed by atoms with Crippen LogP contribution in [0.25, 0.3) is 0 Å². The van der Waals surface area contributed by atoms with E-state index in [-0.39, 0.29) is 22.6 Å². The molecule has 0 atom stereocenters. The Hall–Kier alpha value is -3.21. The third-order valence-corrected chi connectivity index (χ3v) is 2.44. The van der Waals surface area contributed by atoms with Gasteiger partial charge in [0.15, 0.2) is 0 Å². The quantitative estimate of drug-likeness (QED) is 0.629. The summed E-state index contributed by atoms with van der Waals surface area (Å²) in [6.45, 7) is 0. The van der Waals surface area contributed by atoms with Crippen molar-refractivity contribution in [2.45, 2.75) is 0 Å². The number of nitrogens with two attached hydrogens (primary N) is 1. The van der Waals surface area contributed by atoms with E-state index in [1.807, 2.05) is 0 Å². The van der Waals surface area contributed by atoms with E-state index >= 15 is 0 Å². The molecule has 8 nitrogen and oxygen atoms in total. The zero-order valence-electron chi connectivity index (χ0n) is 9.48. The zero-order valence-corrected chi connectivity index (χ0v) is 9.48. The summed E-state index contributed by atoms with van der Waals surface area (Å²) in [5.41, 5.74) is 5.73. The highest BCUT2D eigenvalue weighted by Gasteiger charge is 2.16. The van der Waals surface area contributed by atoms with Gasteiger partial charge in [0, 0.05) is 17.7 Å². The molecule has 0 aliphatic carbocycles. The first kappa shape index (κ1) is 12.3. The average Bonchev–Trinajstić information content (AvgIpc) is 2.79. The Labute approximate surface area is 106 Å². The van der Waals surface area contributed by atoms with Gasteiger partial charge < -0.3 is 5.73 Å². The minimum atomic E-state index is -0.565. The second-order valence-corrected chi connectivity index (χ2v) is 3.58. The molecule has 0 aliphatic rings. The largest absolute Gasteiger partial charge is 0.382 e. The van der Waals surface area contributed by atoms with E-state index in [9.17, 15) is 14.9 Å². The van der Waals surface area contributed by atoms with E-state index in [0.29, 0.717) is 0 Å². The van der Waals surface area contributed by atoms with Crippen LogP contribution in [0.5, 0.6) is 0 Å². The first-order valence-corrected chi connectivity index (χ1v) is 5.07. The predicted molar refractivity (Wildman–Crippen MR) is 64.2 cm³/mol. The van der Waals surface area contributed by atoms with Gasteiger partial charge in [0.1, 0.15) is 17.5 Å². The highest BCUT2D eigenvalue weighted by Crippen LogP contribution is 2.15. The molecule has 0 fully saturated rings. The third-order valence-electron chi connectivity index (χ3n) is 2.44. The second kappa shape index (κ2) is 4.58. The van der Waals surface area contributed by atoms with Crippen molar-refractivity contribution >= 4 is 17.4 Å². The van der Waals surface area contributed by atoms with Gasteiger partial charge in [-0.15, -0.1) is 0 Å². The lowest BCUT2D eigenvalue weighted by molar-refractivity contribution is -0.384. The van der Waals surface area contributed by atoms with Crippen LogP contribution in [0.1, 0.15) is 15.9 Å². The first-order valence-electron chi connectivity index (χ1n) is 5.07. The van der Waals surface area contributed by atoms with Crippen molar-refractivity contribution < 1.29 is 9.72 Å². The Kier molecular flexibility index (Phi) is 2.95. The Morgan fingerprint density at radius 1 is 1.42 bits per heavy atom. The fraction of sp³-hybridized carbons (Fsp3) is 0. The Bertz CT molecular complexity index is 696. The number of carbonyl (C=O) groups is 1. The Morgan fingerprint density at radius 3 is 2.53 bits per heavy atom. The summed E-state index contributed by atoms with van der Waals surface area (Å²) in [5.74, 6) is -0.625. The van der Waals surface area contributed by atoms with E-state index < -0.39 is 10.8 Å². The summed E-state index contributed by atoms with van der Waals surface area (Å²) < 4.78 is 0.875. The molecule has 0 unspecified atom stereocenters. The second-order valence-electron chi connectivity index (χ2n) is 3.58. The van der Waals surface area contributed by atoms with Crippen molar-refractivity contribution in [2.75, 3.05) is 5.73 Å². The van der Waals surface area contributed by atoms with Crippen LogP contribution in [0.2, 0.25) is 0 Å². The van der Waals surface area contributed by atoms with Crippen molar-refractivity contribution in [3.63, 3.8) is 0 Å². The molecule has 2 rings (SSSR count).